The maximum absolute atomic E-state index is 2.47. The Bertz CT molecular complexity index is 3290. The van der Waals surface area contributed by atoms with Crippen LogP contribution in [0.2, 0.25) is 0 Å². The molecule has 11 rings (SSSR count). The molecule has 11 aromatic rings. The van der Waals surface area contributed by atoms with Crippen molar-refractivity contribution in [1.82, 2.24) is 0 Å². The van der Waals surface area contributed by atoms with E-state index in [1.807, 2.05) is 0 Å². The number of benzene rings is 11. The predicted molar refractivity (Wildman–Crippen MR) is 245 cm³/mol. The SMILES string of the molecule is c1ccc(-c2c(-c3ccccc3)c3cc(-c4ccccc4N(c4ccc5ccccc5c4)c4cccc5c4ccc4ccccc45)ccc3c3ccccc23)cc1. The Morgan fingerprint density at radius 2 is 0.772 bits per heavy atom. The first-order valence-electron chi connectivity index (χ1n) is 19.7. The molecule has 0 N–H and O–H groups in total. The lowest BCUT2D eigenvalue weighted by Gasteiger charge is -2.29. The van der Waals surface area contributed by atoms with Crippen molar-refractivity contribution in [2.24, 2.45) is 0 Å². The summed E-state index contributed by atoms with van der Waals surface area (Å²) in [5.74, 6) is 0. The average Bonchev–Trinajstić information content (AvgIpc) is 3.29. The predicted octanol–water partition coefficient (Wildman–Crippen LogP) is 15.9. The maximum Gasteiger partial charge on any atom is 0.0540 e. The zero-order valence-corrected chi connectivity index (χ0v) is 31.3. The molecule has 0 aromatic heterocycles. The van der Waals surface area contributed by atoms with Crippen LogP contribution in [0.4, 0.5) is 17.1 Å². The molecule has 0 aliphatic heterocycles. The minimum absolute atomic E-state index is 1.12. The van der Waals surface area contributed by atoms with Crippen molar-refractivity contribution >= 4 is 70.9 Å². The van der Waals surface area contributed by atoms with E-state index in [4.69, 9.17) is 0 Å². The molecule has 0 spiro atoms. The second-order valence-corrected chi connectivity index (χ2v) is 14.8. The highest BCUT2D eigenvalue weighted by molar-refractivity contribution is 6.22. The lowest BCUT2D eigenvalue weighted by atomic mass is 9.84. The minimum atomic E-state index is 1.12. The van der Waals surface area contributed by atoms with Gasteiger partial charge in [-0.1, -0.05) is 194 Å². The van der Waals surface area contributed by atoms with Crippen LogP contribution in [-0.2, 0) is 0 Å². The number of nitrogens with zero attached hydrogens (tertiary/aromatic N) is 1. The molecule has 0 bridgehead atoms. The molecule has 266 valence electrons. The molecular formula is C56H37N. The molecule has 57 heavy (non-hydrogen) atoms. The van der Waals surface area contributed by atoms with Gasteiger partial charge in [-0.3, -0.25) is 0 Å². The number of hydrogen-bond acceptors (Lipinski definition) is 1. The zero-order valence-electron chi connectivity index (χ0n) is 31.3. The molecule has 0 amide bonds. The van der Waals surface area contributed by atoms with Crippen molar-refractivity contribution in [1.29, 1.82) is 0 Å². The first-order valence-corrected chi connectivity index (χ1v) is 19.7. The molecule has 0 atom stereocenters. The van der Waals surface area contributed by atoms with E-state index in [0.717, 1.165) is 17.1 Å². The van der Waals surface area contributed by atoms with Gasteiger partial charge >= 0.3 is 0 Å². The monoisotopic (exact) mass is 723 g/mol. The first kappa shape index (κ1) is 32.9. The van der Waals surface area contributed by atoms with Gasteiger partial charge in [0.1, 0.15) is 0 Å². The van der Waals surface area contributed by atoms with Crippen LogP contribution < -0.4 is 4.90 Å². The Morgan fingerprint density at radius 3 is 1.56 bits per heavy atom. The van der Waals surface area contributed by atoms with Crippen molar-refractivity contribution in [2.45, 2.75) is 0 Å². The lowest BCUT2D eigenvalue weighted by Crippen LogP contribution is -2.11. The summed E-state index contributed by atoms with van der Waals surface area (Å²) in [6.45, 7) is 0. The molecule has 0 radical (unpaired) electrons. The first-order chi connectivity index (χ1) is 28.3. The summed E-state index contributed by atoms with van der Waals surface area (Å²) in [6.07, 6.45) is 0. The molecule has 0 saturated carbocycles. The topological polar surface area (TPSA) is 3.24 Å². The number of fused-ring (bicyclic) bond motifs is 7. The quantitative estimate of drug-likeness (QED) is 0.154. The highest BCUT2D eigenvalue weighted by atomic mass is 15.1. The van der Waals surface area contributed by atoms with Gasteiger partial charge in [0.05, 0.1) is 11.4 Å². The third-order valence-corrected chi connectivity index (χ3v) is 11.6. The highest BCUT2D eigenvalue weighted by Crippen LogP contribution is 2.48. The fourth-order valence-electron chi connectivity index (χ4n) is 9.02. The van der Waals surface area contributed by atoms with Gasteiger partial charge in [0.25, 0.3) is 0 Å². The summed E-state index contributed by atoms with van der Waals surface area (Å²) in [4.78, 5) is 2.47. The Kier molecular flexibility index (Phi) is 7.89. The number of rotatable bonds is 6. The van der Waals surface area contributed by atoms with Gasteiger partial charge in [0.2, 0.25) is 0 Å². The summed E-state index contributed by atoms with van der Waals surface area (Å²) < 4.78 is 0. The van der Waals surface area contributed by atoms with Gasteiger partial charge in [0.15, 0.2) is 0 Å². The van der Waals surface area contributed by atoms with Crippen LogP contribution in [0, 0.1) is 0 Å². The summed E-state index contributed by atoms with van der Waals surface area (Å²) in [6, 6.07) is 82.2. The maximum atomic E-state index is 2.47. The van der Waals surface area contributed by atoms with Gasteiger partial charge in [-0.25, -0.2) is 0 Å². The van der Waals surface area contributed by atoms with Crippen molar-refractivity contribution in [2.75, 3.05) is 4.90 Å². The van der Waals surface area contributed by atoms with E-state index in [1.165, 1.54) is 87.2 Å². The van der Waals surface area contributed by atoms with Crippen molar-refractivity contribution < 1.29 is 0 Å². The Labute approximate surface area is 332 Å². The van der Waals surface area contributed by atoms with E-state index >= 15 is 0 Å². The van der Waals surface area contributed by atoms with Crippen LogP contribution in [0.15, 0.2) is 224 Å². The van der Waals surface area contributed by atoms with Gasteiger partial charge in [0, 0.05) is 16.6 Å². The van der Waals surface area contributed by atoms with E-state index in [1.54, 1.807) is 0 Å². The van der Waals surface area contributed by atoms with Crippen LogP contribution in [0.5, 0.6) is 0 Å². The summed E-state index contributed by atoms with van der Waals surface area (Å²) in [5, 5.41) is 12.4. The van der Waals surface area contributed by atoms with Crippen LogP contribution in [-0.4, -0.2) is 0 Å². The zero-order chi connectivity index (χ0) is 37.7. The third-order valence-electron chi connectivity index (χ3n) is 11.6. The van der Waals surface area contributed by atoms with Gasteiger partial charge < -0.3 is 4.90 Å². The number of hydrogen-bond donors (Lipinski definition) is 0. The van der Waals surface area contributed by atoms with E-state index in [9.17, 15) is 0 Å². The molecule has 0 fully saturated rings. The number of anilines is 3. The fraction of sp³-hybridized carbons (Fsp3) is 0. The molecular weight excluding hydrogens is 687 g/mol. The standard InChI is InChI=1S/C56H37N/c1-3-18-40(19-4-1)55-51-26-12-11-25-48(51)49-34-32-43(37-52(49)56(55)41-20-5-2-6-21-41)46-24-13-14-28-53(46)57(44-33-30-38-16-7-8-22-42(38)36-44)54-29-15-27-47-45-23-10-9-17-39(45)31-35-50(47)54/h1-37H. The molecule has 1 nitrogen and oxygen atoms in total. The number of para-hydroxylation sites is 1. The molecule has 0 aliphatic carbocycles. The van der Waals surface area contributed by atoms with E-state index < -0.39 is 0 Å². The largest absolute Gasteiger partial charge is 0.309 e. The van der Waals surface area contributed by atoms with E-state index in [0.29, 0.717) is 0 Å². The van der Waals surface area contributed by atoms with Crippen LogP contribution >= 0.6 is 0 Å². The Morgan fingerprint density at radius 1 is 0.246 bits per heavy atom. The summed E-state index contributed by atoms with van der Waals surface area (Å²) >= 11 is 0. The summed E-state index contributed by atoms with van der Waals surface area (Å²) in [7, 11) is 0. The second kappa shape index (κ2) is 13.7. The summed E-state index contributed by atoms with van der Waals surface area (Å²) in [5.41, 5.74) is 10.6. The van der Waals surface area contributed by atoms with Crippen molar-refractivity contribution in [3.8, 4) is 33.4 Å². The average molecular weight is 724 g/mol. The van der Waals surface area contributed by atoms with Gasteiger partial charge in [-0.05, 0) is 107 Å². The molecule has 0 aliphatic rings. The van der Waals surface area contributed by atoms with Crippen LogP contribution in [0.1, 0.15) is 0 Å². The van der Waals surface area contributed by atoms with Crippen molar-refractivity contribution in [3.05, 3.63) is 224 Å². The smallest absolute Gasteiger partial charge is 0.0540 e. The minimum Gasteiger partial charge on any atom is -0.309 e. The van der Waals surface area contributed by atoms with Crippen LogP contribution in [0.3, 0.4) is 0 Å². The fourth-order valence-corrected chi connectivity index (χ4v) is 9.02. The molecule has 0 saturated heterocycles. The Balaban J connectivity index is 1.21. The van der Waals surface area contributed by atoms with E-state index in [2.05, 4.69) is 229 Å². The Hall–Kier alpha value is -7.48. The normalized spacial score (nSPS) is 11.5. The highest BCUT2D eigenvalue weighted by Gasteiger charge is 2.22. The van der Waals surface area contributed by atoms with Gasteiger partial charge in [-0.2, -0.15) is 0 Å². The van der Waals surface area contributed by atoms with Crippen LogP contribution in [0.25, 0.3) is 87.2 Å². The van der Waals surface area contributed by atoms with Crippen molar-refractivity contribution in [3.63, 3.8) is 0 Å². The van der Waals surface area contributed by atoms with E-state index in [-0.39, 0.29) is 0 Å². The third kappa shape index (κ3) is 5.55. The lowest BCUT2D eigenvalue weighted by molar-refractivity contribution is 1.30. The van der Waals surface area contributed by atoms with Gasteiger partial charge in [-0.15, -0.1) is 0 Å². The molecule has 11 aromatic carbocycles. The molecule has 0 unspecified atom stereocenters. The molecule has 1 heteroatoms. The molecule has 0 heterocycles. The second-order valence-electron chi connectivity index (χ2n) is 14.8.